The maximum atomic E-state index is 12.6. The first-order chi connectivity index (χ1) is 13.9. The molecule has 0 aliphatic carbocycles. The summed E-state index contributed by atoms with van der Waals surface area (Å²) in [4.78, 5) is 12.6. The SMILES string of the molecule is COc1ccccc1CNC(=O)C[C@@H]1CCNC[C@H]1Cc1cc(C(C)(C)C)on1. The average molecular weight is 400 g/mol. The van der Waals surface area contributed by atoms with Gasteiger partial charge in [0.2, 0.25) is 5.91 Å². The summed E-state index contributed by atoms with van der Waals surface area (Å²) < 4.78 is 10.9. The number of piperidine rings is 1. The first-order valence-corrected chi connectivity index (χ1v) is 10.4. The Morgan fingerprint density at radius 2 is 2.10 bits per heavy atom. The third-order valence-corrected chi connectivity index (χ3v) is 5.65. The van der Waals surface area contributed by atoms with Crippen LogP contribution in [0.3, 0.4) is 0 Å². The molecule has 2 aromatic rings. The van der Waals surface area contributed by atoms with Gasteiger partial charge in [-0.05, 0) is 43.8 Å². The number of methoxy groups -OCH3 is 1. The van der Waals surface area contributed by atoms with E-state index in [4.69, 9.17) is 9.26 Å². The summed E-state index contributed by atoms with van der Waals surface area (Å²) in [7, 11) is 1.65. The second-order valence-electron chi connectivity index (χ2n) is 8.94. The molecule has 2 atom stereocenters. The number of ether oxygens (including phenoxy) is 1. The monoisotopic (exact) mass is 399 g/mol. The summed E-state index contributed by atoms with van der Waals surface area (Å²) >= 11 is 0. The molecule has 0 unspecified atom stereocenters. The molecular weight excluding hydrogens is 366 g/mol. The number of para-hydroxylation sites is 1. The van der Waals surface area contributed by atoms with E-state index < -0.39 is 0 Å². The van der Waals surface area contributed by atoms with Crippen LogP contribution in [-0.2, 0) is 23.2 Å². The standard InChI is InChI=1S/C23H33N3O3/c1-23(2,3)21-13-19(26-29-21)11-18-14-24-10-9-16(18)12-22(27)25-15-17-7-5-6-8-20(17)28-4/h5-8,13,16,18,24H,9-12,14-15H2,1-4H3,(H,25,27)/t16-,18+/m0/s1. The van der Waals surface area contributed by atoms with Crippen molar-refractivity contribution in [1.29, 1.82) is 0 Å². The van der Waals surface area contributed by atoms with Crippen LogP contribution in [0.5, 0.6) is 5.75 Å². The number of nitrogens with zero attached hydrogens (tertiary/aromatic N) is 1. The minimum absolute atomic E-state index is 0.0478. The number of hydrogen-bond acceptors (Lipinski definition) is 5. The van der Waals surface area contributed by atoms with Crippen LogP contribution in [0.25, 0.3) is 0 Å². The first-order valence-electron chi connectivity index (χ1n) is 10.4. The highest BCUT2D eigenvalue weighted by molar-refractivity contribution is 5.76. The summed E-state index contributed by atoms with van der Waals surface area (Å²) in [6, 6.07) is 9.83. The number of rotatable bonds is 7. The molecule has 158 valence electrons. The largest absolute Gasteiger partial charge is 0.496 e. The lowest BCUT2D eigenvalue weighted by Crippen LogP contribution is -2.40. The van der Waals surface area contributed by atoms with E-state index in [-0.39, 0.29) is 11.3 Å². The van der Waals surface area contributed by atoms with E-state index in [0.29, 0.717) is 24.8 Å². The molecule has 0 spiro atoms. The van der Waals surface area contributed by atoms with E-state index in [9.17, 15) is 4.79 Å². The number of carbonyl (C=O) groups excluding carboxylic acids is 1. The van der Waals surface area contributed by atoms with Crippen molar-refractivity contribution in [3.8, 4) is 5.75 Å². The summed E-state index contributed by atoms with van der Waals surface area (Å²) in [5, 5.41) is 10.8. The number of amides is 1. The molecule has 1 amide bonds. The molecule has 3 rings (SSSR count). The summed E-state index contributed by atoms with van der Waals surface area (Å²) in [6.45, 7) is 8.70. The lowest BCUT2D eigenvalue weighted by Gasteiger charge is -2.31. The predicted molar refractivity (Wildman–Crippen MR) is 113 cm³/mol. The van der Waals surface area contributed by atoms with E-state index in [2.05, 4.69) is 42.6 Å². The van der Waals surface area contributed by atoms with Crippen molar-refractivity contribution in [2.45, 2.75) is 52.0 Å². The molecule has 0 saturated carbocycles. The van der Waals surface area contributed by atoms with Crippen LogP contribution in [0, 0.1) is 11.8 Å². The Labute approximate surface area is 173 Å². The van der Waals surface area contributed by atoms with Crippen molar-refractivity contribution in [3.63, 3.8) is 0 Å². The van der Waals surface area contributed by atoms with Crippen molar-refractivity contribution in [3.05, 3.63) is 47.3 Å². The number of carbonyl (C=O) groups is 1. The highest BCUT2D eigenvalue weighted by Crippen LogP contribution is 2.28. The molecule has 1 aliphatic heterocycles. The molecule has 1 saturated heterocycles. The van der Waals surface area contributed by atoms with Crippen molar-refractivity contribution in [1.82, 2.24) is 15.8 Å². The summed E-state index contributed by atoms with van der Waals surface area (Å²) in [5.41, 5.74) is 1.92. The predicted octanol–water partition coefficient (Wildman–Crippen LogP) is 3.46. The molecule has 0 radical (unpaired) electrons. The number of hydrogen-bond donors (Lipinski definition) is 2. The topological polar surface area (TPSA) is 76.4 Å². The Morgan fingerprint density at radius 3 is 2.83 bits per heavy atom. The van der Waals surface area contributed by atoms with Gasteiger partial charge in [-0.15, -0.1) is 0 Å². The Morgan fingerprint density at radius 1 is 1.31 bits per heavy atom. The van der Waals surface area contributed by atoms with Gasteiger partial charge in [0, 0.05) is 30.0 Å². The first kappa shape index (κ1) is 21.4. The van der Waals surface area contributed by atoms with Gasteiger partial charge < -0.3 is 19.9 Å². The lowest BCUT2D eigenvalue weighted by molar-refractivity contribution is -0.122. The number of benzene rings is 1. The normalized spacial score (nSPS) is 19.7. The van der Waals surface area contributed by atoms with Gasteiger partial charge in [0.25, 0.3) is 0 Å². The summed E-state index contributed by atoms with van der Waals surface area (Å²) in [6.07, 6.45) is 2.36. The third-order valence-electron chi connectivity index (χ3n) is 5.65. The molecular formula is C23H33N3O3. The van der Waals surface area contributed by atoms with E-state index in [1.54, 1.807) is 7.11 Å². The van der Waals surface area contributed by atoms with Gasteiger partial charge in [-0.2, -0.15) is 0 Å². The van der Waals surface area contributed by atoms with Crippen LogP contribution in [-0.4, -0.2) is 31.3 Å². The second-order valence-corrected chi connectivity index (χ2v) is 8.94. The van der Waals surface area contributed by atoms with Gasteiger partial charge in [0.15, 0.2) is 0 Å². The maximum Gasteiger partial charge on any atom is 0.220 e. The van der Waals surface area contributed by atoms with Crippen LogP contribution in [0.2, 0.25) is 0 Å². The number of aromatic nitrogens is 1. The molecule has 1 aliphatic rings. The van der Waals surface area contributed by atoms with E-state index >= 15 is 0 Å². The molecule has 0 bridgehead atoms. The van der Waals surface area contributed by atoms with Crippen LogP contribution in [0.1, 0.15) is 50.6 Å². The lowest BCUT2D eigenvalue weighted by atomic mass is 9.81. The highest BCUT2D eigenvalue weighted by Gasteiger charge is 2.29. The van der Waals surface area contributed by atoms with Crippen molar-refractivity contribution in [2.75, 3.05) is 20.2 Å². The molecule has 6 heteroatoms. The molecule has 2 heterocycles. The molecule has 1 aromatic heterocycles. The zero-order valence-corrected chi connectivity index (χ0v) is 18.0. The minimum Gasteiger partial charge on any atom is -0.496 e. The van der Waals surface area contributed by atoms with Gasteiger partial charge >= 0.3 is 0 Å². The Bertz CT molecular complexity index is 810. The van der Waals surface area contributed by atoms with Gasteiger partial charge in [-0.3, -0.25) is 4.79 Å². The smallest absolute Gasteiger partial charge is 0.220 e. The van der Waals surface area contributed by atoms with Crippen molar-refractivity contribution in [2.24, 2.45) is 11.8 Å². The zero-order chi connectivity index (χ0) is 20.9. The maximum absolute atomic E-state index is 12.6. The van der Waals surface area contributed by atoms with E-state index in [1.807, 2.05) is 24.3 Å². The van der Waals surface area contributed by atoms with E-state index in [1.165, 1.54) is 0 Å². The molecule has 1 aromatic carbocycles. The van der Waals surface area contributed by atoms with Gasteiger partial charge in [0.1, 0.15) is 11.5 Å². The Hall–Kier alpha value is -2.34. The molecule has 6 nitrogen and oxygen atoms in total. The van der Waals surface area contributed by atoms with Gasteiger partial charge in [-0.25, -0.2) is 0 Å². The minimum atomic E-state index is -0.0478. The Balaban J connectivity index is 1.56. The summed E-state index contributed by atoms with van der Waals surface area (Å²) in [5.74, 6) is 2.50. The highest BCUT2D eigenvalue weighted by atomic mass is 16.5. The van der Waals surface area contributed by atoms with Crippen LogP contribution in [0.4, 0.5) is 0 Å². The van der Waals surface area contributed by atoms with Crippen LogP contribution >= 0.6 is 0 Å². The average Bonchev–Trinajstić information content (AvgIpc) is 3.17. The van der Waals surface area contributed by atoms with Crippen molar-refractivity contribution < 1.29 is 14.1 Å². The number of nitrogens with one attached hydrogen (secondary N) is 2. The fourth-order valence-electron chi connectivity index (χ4n) is 3.87. The fraction of sp³-hybridized carbons (Fsp3) is 0.565. The quantitative estimate of drug-likeness (QED) is 0.746. The second kappa shape index (κ2) is 9.44. The molecule has 2 N–H and O–H groups in total. The van der Waals surface area contributed by atoms with Crippen LogP contribution < -0.4 is 15.4 Å². The fourth-order valence-corrected chi connectivity index (χ4v) is 3.87. The van der Waals surface area contributed by atoms with E-state index in [0.717, 1.165) is 48.7 Å². The van der Waals surface area contributed by atoms with Gasteiger partial charge in [-0.1, -0.05) is 44.1 Å². The van der Waals surface area contributed by atoms with Gasteiger partial charge in [0.05, 0.1) is 12.8 Å². The molecule has 1 fully saturated rings. The Kier molecular flexibility index (Phi) is 6.96. The third kappa shape index (κ3) is 5.82. The zero-order valence-electron chi connectivity index (χ0n) is 18.0. The van der Waals surface area contributed by atoms with Crippen LogP contribution in [0.15, 0.2) is 34.9 Å². The van der Waals surface area contributed by atoms with Crippen molar-refractivity contribution >= 4 is 5.91 Å². The molecule has 29 heavy (non-hydrogen) atoms.